The molecule has 2 atom stereocenters. The van der Waals surface area contributed by atoms with Gasteiger partial charge in [-0.15, -0.1) is 0 Å². The summed E-state index contributed by atoms with van der Waals surface area (Å²) < 4.78 is 0. The summed E-state index contributed by atoms with van der Waals surface area (Å²) in [5, 5.41) is 0. The molecule has 17 heavy (non-hydrogen) atoms. The summed E-state index contributed by atoms with van der Waals surface area (Å²) in [6.07, 6.45) is 2.32. The number of hydrogen-bond acceptors (Lipinski definition) is 3. The van der Waals surface area contributed by atoms with Crippen LogP contribution in [0.5, 0.6) is 0 Å². The lowest BCUT2D eigenvalue weighted by Crippen LogP contribution is -2.54. The van der Waals surface area contributed by atoms with Gasteiger partial charge in [0.2, 0.25) is 11.8 Å². The van der Waals surface area contributed by atoms with E-state index in [2.05, 4.69) is 0 Å². The van der Waals surface area contributed by atoms with Gasteiger partial charge in [0.1, 0.15) is 0 Å². The van der Waals surface area contributed by atoms with Crippen LogP contribution in [0.2, 0.25) is 0 Å². The molecule has 0 aromatic rings. The number of amides is 2. The summed E-state index contributed by atoms with van der Waals surface area (Å²) in [5.41, 5.74) is 5.61. The molecule has 0 aliphatic carbocycles. The molecule has 0 aromatic carbocycles. The highest BCUT2D eigenvalue weighted by molar-refractivity contribution is 5.81. The maximum atomic E-state index is 12.2. The zero-order valence-electron chi connectivity index (χ0n) is 10.4. The summed E-state index contributed by atoms with van der Waals surface area (Å²) in [6.45, 7) is 4.46. The van der Waals surface area contributed by atoms with Gasteiger partial charge in [0.15, 0.2) is 0 Å². The van der Waals surface area contributed by atoms with Crippen LogP contribution in [-0.2, 0) is 9.59 Å². The van der Waals surface area contributed by atoms with Crippen molar-refractivity contribution in [2.75, 3.05) is 26.2 Å². The van der Waals surface area contributed by atoms with Gasteiger partial charge >= 0.3 is 0 Å². The third-order valence-electron chi connectivity index (χ3n) is 3.93. The number of fused-ring (bicyclic) bond motifs is 1. The first kappa shape index (κ1) is 12.4. The van der Waals surface area contributed by atoms with Crippen LogP contribution in [0.4, 0.5) is 0 Å². The second-order valence-electron chi connectivity index (χ2n) is 4.90. The number of piperazine rings is 1. The Labute approximate surface area is 102 Å². The second-order valence-corrected chi connectivity index (χ2v) is 4.90. The summed E-state index contributed by atoms with van der Waals surface area (Å²) in [6, 6.07) is 0.246. The molecule has 2 rings (SSSR count). The Hall–Kier alpha value is -1.10. The SMILES string of the molecule is CCC(CN)C(=O)N1CCN2C(=O)CCC2C1. The summed E-state index contributed by atoms with van der Waals surface area (Å²) >= 11 is 0. The predicted octanol–water partition coefficient (Wildman–Crippen LogP) is -0.195. The first-order valence-corrected chi connectivity index (χ1v) is 6.45. The molecule has 5 heteroatoms. The number of nitrogens with zero attached hydrogens (tertiary/aromatic N) is 2. The van der Waals surface area contributed by atoms with Gasteiger partial charge in [-0.3, -0.25) is 9.59 Å². The van der Waals surface area contributed by atoms with Crippen molar-refractivity contribution in [3.05, 3.63) is 0 Å². The van der Waals surface area contributed by atoms with Gasteiger partial charge in [-0.25, -0.2) is 0 Å². The van der Waals surface area contributed by atoms with Gasteiger partial charge in [-0.05, 0) is 12.8 Å². The fraction of sp³-hybridized carbons (Fsp3) is 0.833. The van der Waals surface area contributed by atoms with Crippen molar-refractivity contribution in [3.63, 3.8) is 0 Å². The lowest BCUT2D eigenvalue weighted by atomic mass is 10.0. The Morgan fingerprint density at radius 3 is 2.94 bits per heavy atom. The molecule has 0 saturated carbocycles. The quantitative estimate of drug-likeness (QED) is 0.742. The second kappa shape index (κ2) is 5.04. The van der Waals surface area contributed by atoms with Crippen molar-refractivity contribution in [3.8, 4) is 0 Å². The van der Waals surface area contributed by atoms with Crippen LogP contribution in [0.3, 0.4) is 0 Å². The van der Waals surface area contributed by atoms with Crippen molar-refractivity contribution in [1.29, 1.82) is 0 Å². The number of rotatable bonds is 3. The third-order valence-corrected chi connectivity index (χ3v) is 3.93. The molecule has 2 aliphatic heterocycles. The Balaban J connectivity index is 1.97. The van der Waals surface area contributed by atoms with Gasteiger partial charge in [0.05, 0.1) is 5.92 Å². The van der Waals surface area contributed by atoms with E-state index in [1.165, 1.54) is 0 Å². The van der Waals surface area contributed by atoms with E-state index in [1.54, 1.807) is 0 Å². The maximum absolute atomic E-state index is 12.2. The van der Waals surface area contributed by atoms with E-state index in [4.69, 9.17) is 5.73 Å². The molecule has 2 saturated heterocycles. The molecule has 5 nitrogen and oxygen atoms in total. The van der Waals surface area contributed by atoms with Gasteiger partial charge in [-0.2, -0.15) is 0 Å². The lowest BCUT2D eigenvalue weighted by molar-refractivity contribution is -0.141. The minimum absolute atomic E-state index is 0.0568. The number of nitrogens with two attached hydrogens (primary N) is 1. The molecule has 0 spiro atoms. The summed E-state index contributed by atoms with van der Waals surface area (Å²) in [7, 11) is 0. The molecular formula is C12H21N3O2. The van der Waals surface area contributed by atoms with Gasteiger partial charge in [0, 0.05) is 38.6 Å². The van der Waals surface area contributed by atoms with Crippen molar-refractivity contribution in [2.45, 2.75) is 32.2 Å². The maximum Gasteiger partial charge on any atom is 0.227 e. The van der Waals surface area contributed by atoms with Crippen LogP contribution >= 0.6 is 0 Å². The standard InChI is InChI=1S/C12H21N3O2/c1-2-9(7-13)12(17)14-5-6-15-10(8-14)3-4-11(15)16/h9-10H,2-8,13H2,1H3. The van der Waals surface area contributed by atoms with Crippen molar-refractivity contribution in [2.24, 2.45) is 11.7 Å². The number of carbonyl (C=O) groups is 2. The van der Waals surface area contributed by atoms with E-state index >= 15 is 0 Å². The molecule has 2 heterocycles. The molecule has 2 unspecified atom stereocenters. The Kier molecular flexibility index (Phi) is 3.66. The van der Waals surface area contributed by atoms with Gasteiger partial charge in [-0.1, -0.05) is 6.92 Å². The van der Waals surface area contributed by atoms with Crippen molar-refractivity contribution < 1.29 is 9.59 Å². The molecular weight excluding hydrogens is 218 g/mol. The fourth-order valence-electron chi connectivity index (χ4n) is 2.76. The van der Waals surface area contributed by atoms with E-state index in [-0.39, 0.29) is 23.8 Å². The monoisotopic (exact) mass is 239 g/mol. The first-order valence-electron chi connectivity index (χ1n) is 6.45. The lowest BCUT2D eigenvalue weighted by Gasteiger charge is -2.38. The Morgan fingerprint density at radius 1 is 1.53 bits per heavy atom. The molecule has 2 fully saturated rings. The molecule has 0 radical (unpaired) electrons. The summed E-state index contributed by atoms with van der Waals surface area (Å²) in [4.78, 5) is 27.5. The summed E-state index contributed by atoms with van der Waals surface area (Å²) in [5.74, 6) is 0.348. The van der Waals surface area contributed by atoms with E-state index in [9.17, 15) is 9.59 Å². The number of carbonyl (C=O) groups excluding carboxylic acids is 2. The topological polar surface area (TPSA) is 66.6 Å². The van der Waals surface area contributed by atoms with E-state index in [0.29, 0.717) is 32.6 Å². The molecule has 0 bridgehead atoms. The van der Waals surface area contributed by atoms with Gasteiger partial charge < -0.3 is 15.5 Å². The normalized spacial score (nSPS) is 26.0. The van der Waals surface area contributed by atoms with Crippen LogP contribution < -0.4 is 5.73 Å². The van der Waals surface area contributed by atoms with E-state index < -0.39 is 0 Å². The largest absolute Gasteiger partial charge is 0.339 e. The third kappa shape index (κ3) is 2.29. The molecule has 2 N–H and O–H groups in total. The zero-order valence-corrected chi connectivity index (χ0v) is 10.4. The van der Waals surface area contributed by atoms with Crippen LogP contribution in [0.25, 0.3) is 0 Å². The Morgan fingerprint density at radius 2 is 2.29 bits per heavy atom. The Bertz CT molecular complexity index is 315. The average Bonchev–Trinajstić information content (AvgIpc) is 2.72. The molecule has 2 amide bonds. The van der Waals surface area contributed by atoms with E-state index in [0.717, 1.165) is 12.8 Å². The highest BCUT2D eigenvalue weighted by atomic mass is 16.2. The minimum atomic E-state index is -0.0568. The van der Waals surface area contributed by atoms with Crippen LogP contribution in [-0.4, -0.2) is 53.8 Å². The molecule has 2 aliphatic rings. The highest BCUT2D eigenvalue weighted by Crippen LogP contribution is 2.23. The average molecular weight is 239 g/mol. The molecule has 0 aromatic heterocycles. The molecule has 96 valence electrons. The van der Waals surface area contributed by atoms with Gasteiger partial charge in [0.25, 0.3) is 0 Å². The fourth-order valence-corrected chi connectivity index (χ4v) is 2.76. The predicted molar refractivity (Wildman–Crippen MR) is 64.2 cm³/mol. The van der Waals surface area contributed by atoms with Crippen LogP contribution in [0.15, 0.2) is 0 Å². The van der Waals surface area contributed by atoms with Crippen molar-refractivity contribution in [1.82, 2.24) is 9.80 Å². The minimum Gasteiger partial charge on any atom is -0.339 e. The van der Waals surface area contributed by atoms with Crippen LogP contribution in [0.1, 0.15) is 26.2 Å². The first-order chi connectivity index (χ1) is 8.17. The van der Waals surface area contributed by atoms with E-state index in [1.807, 2.05) is 16.7 Å². The number of hydrogen-bond donors (Lipinski definition) is 1. The smallest absolute Gasteiger partial charge is 0.227 e. The highest BCUT2D eigenvalue weighted by Gasteiger charge is 2.37. The van der Waals surface area contributed by atoms with Crippen molar-refractivity contribution >= 4 is 11.8 Å². The zero-order chi connectivity index (χ0) is 12.4. The van der Waals surface area contributed by atoms with Crippen LogP contribution in [0, 0.1) is 5.92 Å².